The Kier molecular flexibility index (Phi) is 5.40. The molecule has 2 aliphatic heterocycles. The Morgan fingerprint density at radius 3 is 2.50 bits per heavy atom. The standard InChI is InChI=1S/C21H26F2N4O3/c1-13-11-21(12-29-13)7-9-27(10-8-21)20-25-17(24)16(18(28)26(20)2)14-3-5-15(6-4-14)30-19(22)23/h3-6,13,19H,7-12,24H2,1-2H3/t13-/m0/s1. The molecule has 2 N–H and O–H groups in total. The van der Waals surface area contributed by atoms with Crippen molar-refractivity contribution in [2.45, 2.75) is 38.9 Å². The predicted molar refractivity (Wildman–Crippen MR) is 110 cm³/mol. The van der Waals surface area contributed by atoms with E-state index in [-0.39, 0.29) is 28.1 Å². The summed E-state index contributed by atoms with van der Waals surface area (Å²) in [5.74, 6) is 0.677. The number of hydrogen-bond acceptors (Lipinski definition) is 6. The fourth-order valence-electron chi connectivity index (χ4n) is 4.54. The smallest absolute Gasteiger partial charge is 0.387 e. The van der Waals surface area contributed by atoms with Crippen LogP contribution >= 0.6 is 0 Å². The van der Waals surface area contributed by atoms with Gasteiger partial charge in [0, 0.05) is 20.1 Å². The zero-order chi connectivity index (χ0) is 21.5. The molecule has 1 spiro atoms. The second-order valence-electron chi connectivity index (χ2n) is 8.25. The van der Waals surface area contributed by atoms with Crippen molar-refractivity contribution in [3.63, 3.8) is 0 Å². The van der Waals surface area contributed by atoms with Gasteiger partial charge in [0.2, 0.25) is 5.95 Å². The zero-order valence-corrected chi connectivity index (χ0v) is 17.1. The van der Waals surface area contributed by atoms with Crippen molar-refractivity contribution in [2.75, 3.05) is 30.3 Å². The van der Waals surface area contributed by atoms with Crippen LogP contribution in [0.4, 0.5) is 20.5 Å². The SMILES string of the molecule is C[C@H]1CC2(CCN(c3nc(N)c(-c4ccc(OC(F)F)cc4)c(=O)n3C)CC2)CO1. The Morgan fingerprint density at radius 1 is 1.27 bits per heavy atom. The summed E-state index contributed by atoms with van der Waals surface area (Å²) < 4.78 is 36.3. The maximum Gasteiger partial charge on any atom is 0.387 e. The van der Waals surface area contributed by atoms with E-state index in [2.05, 4.69) is 21.5 Å². The van der Waals surface area contributed by atoms with Gasteiger partial charge in [-0.15, -0.1) is 0 Å². The fourth-order valence-corrected chi connectivity index (χ4v) is 4.54. The molecule has 30 heavy (non-hydrogen) atoms. The molecule has 2 aliphatic rings. The maximum atomic E-state index is 13.1. The van der Waals surface area contributed by atoms with E-state index >= 15 is 0 Å². The molecule has 0 radical (unpaired) electrons. The minimum atomic E-state index is -2.91. The summed E-state index contributed by atoms with van der Waals surface area (Å²) in [6, 6.07) is 5.81. The molecule has 9 heteroatoms. The van der Waals surface area contributed by atoms with E-state index in [9.17, 15) is 13.6 Å². The highest BCUT2D eigenvalue weighted by Crippen LogP contribution is 2.42. The molecule has 4 rings (SSSR count). The van der Waals surface area contributed by atoms with E-state index in [0.29, 0.717) is 17.6 Å². The van der Waals surface area contributed by atoms with Gasteiger partial charge in [0.15, 0.2) is 0 Å². The molecule has 2 saturated heterocycles. The lowest BCUT2D eigenvalue weighted by atomic mass is 9.77. The number of halogens is 2. The van der Waals surface area contributed by atoms with Crippen LogP contribution in [0.15, 0.2) is 29.1 Å². The van der Waals surface area contributed by atoms with Crippen LogP contribution < -0.4 is 20.9 Å². The van der Waals surface area contributed by atoms with E-state index < -0.39 is 6.61 Å². The third kappa shape index (κ3) is 3.86. The lowest BCUT2D eigenvalue weighted by Crippen LogP contribution is -2.43. The van der Waals surface area contributed by atoms with Crippen LogP contribution in [0.5, 0.6) is 5.75 Å². The molecule has 0 amide bonds. The van der Waals surface area contributed by atoms with Gasteiger partial charge in [-0.05, 0) is 49.3 Å². The molecule has 1 aromatic carbocycles. The molecule has 3 heterocycles. The number of anilines is 2. The van der Waals surface area contributed by atoms with Crippen LogP contribution in [0.3, 0.4) is 0 Å². The second-order valence-corrected chi connectivity index (χ2v) is 8.25. The highest BCUT2D eigenvalue weighted by molar-refractivity contribution is 5.74. The molecule has 7 nitrogen and oxygen atoms in total. The number of alkyl halides is 2. The van der Waals surface area contributed by atoms with Crippen molar-refractivity contribution >= 4 is 11.8 Å². The average molecular weight is 420 g/mol. The van der Waals surface area contributed by atoms with Gasteiger partial charge < -0.3 is 20.1 Å². The van der Waals surface area contributed by atoms with E-state index in [1.807, 2.05) is 0 Å². The topological polar surface area (TPSA) is 82.6 Å². The van der Waals surface area contributed by atoms with Gasteiger partial charge in [0.1, 0.15) is 11.6 Å². The quantitative estimate of drug-likeness (QED) is 0.819. The lowest BCUT2D eigenvalue weighted by Gasteiger charge is -2.39. The van der Waals surface area contributed by atoms with Gasteiger partial charge in [0.25, 0.3) is 5.56 Å². The summed E-state index contributed by atoms with van der Waals surface area (Å²) in [5, 5.41) is 0. The van der Waals surface area contributed by atoms with E-state index in [0.717, 1.165) is 39.0 Å². The lowest BCUT2D eigenvalue weighted by molar-refractivity contribution is -0.0498. The number of piperidine rings is 1. The zero-order valence-electron chi connectivity index (χ0n) is 17.1. The minimum absolute atomic E-state index is 0.0150. The van der Waals surface area contributed by atoms with Crippen molar-refractivity contribution in [3.8, 4) is 16.9 Å². The Labute approximate surface area is 173 Å². The number of nitrogen functional groups attached to an aromatic ring is 1. The average Bonchev–Trinajstić information content (AvgIpc) is 3.06. The van der Waals surface area contributed by atoms with Gasteiger partial charge in [-0.2, -0.15) is 13.8 Å². The number of hydrogen-bond donors (Lipinski definition) is 1. The first-order chi connectivity index (χ1) is 14.3. The molecule has 2 aromatic rings. The summed E-state index contributed by atoms with van der Waals surface area (Å²) in [7, 11) is 1.67. The molecule has 0 aliphatic carbocycles. The highest BCUT2D eigenvalue weighted by Gasteiger charge is 2.41. The van der Waals surface area contributed by atoms with Gasteiger partial charge >= 0.3 is 6.61 Å². The van der Waals surface area contributed by atoms with Crippen LogP contribution in [0, 0.1) is 5.41 Å². The molecule has 2 fully saturated rings. The summed E-state index contributed by atoms with van der Waals surface area (Å²) >= 11 is 0. The van der Waals surface area contributed by atoms with Crippen molar-refractivity contribution < 1.29 is 18.3 Å². The molecular formula is C21H26F2N4O3. The first kappa shape index (κ1) is 20.6. The minimum Gasteiger partial charge on any atom is -0.435 e. The first-order valence-electron chi connectivity index (χ1n) is 10.1. The van der Waals surface area contributed by atoms with E-state index in [4.69, 9.17) is 10.5 Å². The van der Waals surface area contributed by atoms with Gasteiger partial charge in [-0.25, -0.2) is 0 Å². The number of aromatic nitrogens is 2. The maximum absolute atomic E-state index is 13.1. The Bertz CT molecular complexity index is 969. The highest BCUT2D eigenvalue weighted by atomic mass is 19.3. The van der Waals surface area contributed by atoms with Crippen molar-refractivity contribution in [3.05, 3.63) is 34.6 Å². The number of nitrogens with zero attached hydrogens (tertiary/aromatic N) is 3. The van der Waals surface area contributed by atoms with Gasteiger partial charge in [-0.3, -0.25) is 9.36 Å². The van der Waals surface area contributed by atoms with E-state index in [1.165, 1.54) is 28.8 Å². The van der Waals surface area contributed by atoms with Crippen molar-refractivity contribution in [1.29, 1.82) is 0 Å². The molecule has 1 aromatic heterocycles. The molecular weight excluding hydrogens is 394 g/mol. The summed E-state index contributed by atoms with van der Waals surface area (Å²) in [6.45, 7) is 1.57. The molecule has 0 saturated carbocycles. The van der Waals surface area contributed by atoms with Crippen LogP contribution in [-0.2, 0) is 11.8 Å². The molecule has 0 bridgehead atoms. The third-order valence-corrected chi connectivity index (χ3v) is 6.16. The first-order valence-corrected chi connectivity index (χ1v) is 10.1. The largest absolute Gasteiger partial charge is 0.435 e. The normalized spacial score (nSPS) is 20.8. The number of rotatable bonds is 4. The molecule has 162 valence electrons. The van der Waals surface area contributed by atoms with Crippen molar-refractivity contribution in [2.24, 2.45) is 12.5 Å². The number of ether oxygens (including phenoxy) is 2. The van der Waals surface area contributed by atoms with E-state index in [1.54, 1.807) is 7.05 Å². The van der Waals surface area contributed by atoms with Crippen LogP contribution in [-0.4, -0.2) is 42.0 Å². The predicted octanol–water partition coefficient (Wildman–Crippen LogP) is 3.03. The summed E-state index contributed by atoms with van der Waals surface area (Å²) in [5.41, 5.74) is 6.85. The fraction of sp³-hybridized carbons (Fsp3) is 0.524. The van der Waals surface area contributed by atoms with Crippen LogP contribution in [0.25, 0.3) is 11.1 Å². The summed E-state index contributed by atoms with van der Waals surface area (Å²) in [6.07, 6.45) is 3.34. The van der Waals surface area contributed by atoms with Gasteiger partial charge in [0.05, 0.1) is 18.3 Å². The molecule has 1 atom stereocenters. The second kappa shape index (κ2) is 7.86. The van der Waals surface area contributed by atoms with Gasteiger partial charge in [-0.1, -0.05) is 12.1 Å². The Morgan fingerprint density at radius 2 is 1.93 bits per heavy atom. The Balaban J connectivity index is 1.57. The molecule has 0 unspecified atom stereocenters. The van der Waals surface area contributed by atoms with Crippen molar-refractivity contribution in [1.82, 2.24) is 9.55 Å². The third-order valence-electron chi connectivity index (χ3n) is 6.16. The Hall–Kier alpha value is -2.68. The number of benzene rings is 1. The monoisotopic (exact) mass is 420 g/mol. The summed E-state index contributed by atoms with van der Waals surface area (Å²) in [4.78, 5) is 19.7. The van der Waals surface area contributed by atoms with Crippen LogP contribution in [0.2, 0.25) is 0 Å². The van der Waals surface area contributed by atoms with Crippen LogP contribution in [0.1, 0.15) is 26.2 Å². The number of nitrogens with two attached hydrogens (primary N) is 1.